The Morgan fingerprint density at radius 2 is 1.66 bits per heavy atom. The SMILES string of the molecule is COc1cc(/C=N\NC(=O)c2ccc(Cl)cc2)cc(Cl)c1OS(=O)(=O)c1ccc(NC(C)=O)cc1. The Labute approximate surface area is 211 Å². The molecule has 3 aromatic carbocycles. The van der Waals surface area contributed by atoms with Gasteiger partial charge in [0.15, 0.2) is 5.75 Å². The average Bonchev–Trinajstić information content (AvgIpc) is 2.81. The van der Waals surface area contributed by atoms with Gasteiger partial charge in [0.1, 0.15) is 4.90 Å². The molecule has 0 unspecified atom stereocenters. The van der Waals surface area contributed by atoms with E-state index in [4.69, 9.17) is 32.1 Å². The number of benzene rings is 3. The van der Waals surface area contributed by atoms with E-state index in [-0.39, 0.29) is 27.3 Å². The second-order valence-electron chi connectivity index (χ2n) is 6.98. The highest BCUT2D eigenvalue weighted by Crippen LogP contribution is 2.38. The Morgan fingerprint density at radius 1 is 1.00 bits per heavy atom. The van der Waals surface area contributed by atoms with Crippen molar-refractivity contribution in [2.24, 2.45) is 5.10 Å². The molecule has 3 aromatic rings. The minimum atomic E-state index is -4.27. The third kappa shape index (κ3) is 6.95. The van der Waals surface area contributed by atoms with Gasteiger partial charge in [-0.05, 0) is 66.2 Å². The minimum absolute atomic E-state index is 0.0291. The van der Waals surface area contributed by atoms with Crippen LogP contribution in [0.5, 0.6) is 11.5 Å². The fourth-order valence-electron chi connectivity index (χ4n) is 2.79. The van der Waals surface area contributed by atoms with Crippen molar-refractivity contribution in [3.8, 4) is 11.5 Å². The molecule has 0 aliphatic heterocycles. The van der Waals surface area contributed by atoms with Crippen molar-refractivity contribution in [2.75, 3.05) is 12.4 Å². The van der Waals surface area contributed by atoms with Crippen LogP contribution in [0, 0.1) is 0 Å². The molecule has 0 fully saturated rings. The van der Waals surface area contributed by atoms with Gasteiger partial charge in [-0.3, -0.25) is 9.59 Å². The fraction of sp³-hybridized carbons (Fsp3) is 0.0870. The molecule has 2 N–H and O–H groups in total. The van der Waals surface area contributed by atoms with E-state index < -0.39 is 16.0 Å². The van der Waals surface area contributed by atoms with Crippen LogP contribution in [0.15, 0.2) is 70.7 Å². The maximum absolute atomic E-state index is 12.7. The van der Waals surface area contributed by atoms with E-state index in [0.29, 0.717) is 21.8 Å². The summed E-state index contributed by atoms with van der Waals surface area (Å²) in [5, 5.41) is 6.86. The summed E-state index contributed by atoms with van der Waals surface area (Å²) in [7, 11) is -2.95. The predicted octanol–water partition coefficient (Wildman–Crippen LogP) is 4.49. The zero-order valence-corrected chi connectivity index (χ0v) is 20.7. The lowest BCUT2D eigenvalue weighted by Crippen LogP contribution is -2.17. The van der Waals surface area contributed by atoms with Gasteiger partial charge in [0.05, 0.1) is 18.3 Å². The lowest BCUT2D eigenvalue weighted by Gasteiger charge is -2.13. The Hall–Kier alpha value is -3.60. The third-order valence-corrected chi connectivity index (χ3v) is 6.16. The molecule has 9 nitrogen and oxygen atoms in total. The number of ether oxygens (including phenoxy) is 1. The number of hydrazone groups is 1. The molecule has 0 radical (unpaired) electrons. The molecule has 0 atom stereocenters. The zero-order chi connectivity index (χ0) is 25.6. The van der Waals surface area contributed by atoms with Crippen LogP contribution < -0.4 is 19.7 Å². The van der Waals surface area contributed by atoms with Gasteiger partial charge >= 0.3 is 10.1 Å². The van der Waals surface area contributed by atoms with Crippen molar-refractivity contribution >= 4 is 57.0 Å². The summed E-state index contributed by atoms with van der Waals surface area (Å²) in [4.78, 5) is 23.1. The molecule has 2 amide bonds. The Bertz CT molecular complexity index is 1380. The molecule has 0 aliphatic carbocycles. The quantitative estimate of drug-likeness (QED) is 0.249. The first kappa shape index (κ1) is 26.0. The van der Waals surface area contributed by atoms with Crippen molar-refractivity contribution in [1.82, 2.24) is 5.43 Å². The van der Waals surface area contributed by atoms with Crippen LogP contribution in [0.25, 0.3) is 0 Å². The van der Waals surface area contributed by atoms with Crippen LogP contribution in [0.1, 0.15) is 22.8 Å². The zero-order valence-electron chi connectivity index (χ0n) is 18.4. The van der Waals surface area contributed by atoms with E-state index in [0.717, 1.165) is 0 Å². The number of carbonyl (C=O) groups is 2. The van der Waals surface area contributed by atoms with Gasteiger partial charge in [0, 0.05) is 23.2 Å². The number of rotatable bonds is 8. The summed E-state index contributed by atoms with van der Waals surface area (Å²) in [6.45, 7) is 1.34. The summed E-state index contributed by atoms with van der Waals surface area (Å²) in [6, 6.07) is 14.5. The first-order chi connectivity index (χ1) is 16.6. The van der Waals surface area contributed by atoms with Gasteiger partial charge in [0.2, 0.25) is 11.7 Å². The molecular formula is C23H19Cl2N3O6S. The van der Waals surface area contributed by atoms with Gasteiger partial charge in [-0.2, -0.15) is 13.5 Å². The molecule has 35 heavy (non-hydrogen) atoms. The second-order valence-corrected chi connectivity index (χ2v) is 9.37. The van der Waals surface area contributed by atoms with Crippen molar-refractivity contribution < 1.29 is 26.9 Å². The Kier molecular flexibility index (Phi) is 8.34. The van der Waals surface area contributed by atoms with E-state index in [1.807, 2.05) is 0 Å². The highest BCUT2D eigenvalue weighted by atomic mass is 35.5. The fourth-order valence-corrected chi connectivity index (χ4v) is 4.18. The van der Waals surface area contributed by atoms with Crippen LogP contribution in [-0.4, -0.2) is 33.6 Å². The molecule has 0 saturated heterocycles. The molecule has 0 aliphatic rings. The van der Waals surface area contributed by atoms with Gasteiger partial charge in [-0.15, -0.1) is 0 Å². The monoisotopic (exact) mass is 535 g/mol. The lowest BCUT2D eigenvalue weighted by atomic mass is 10.2. The van der Waals surface area contributed by atoms with Gasteiger partial charge < -0.3 is 14.2 Å². The van der Waals surface area contributed by atoms with Crippen molar-refractivity contribution in [1.29, 1.82) is 0 Å². The van der Waals surface area contributed by atoms with Crippen LogP contribution >= 0.6 is 23.2 Å². The van der Waals surface area contributed by atoms with Crippen molar-refractivity contribution in [3.63, 3.8) is 0 Å². The smallest absolute Gasteiger partial charge is 0.339 e. The van der Waals surface area contributed by atoms with Crippen LogP contribution in [0.3, 0.4) is 0 Å². The number of nitrogens with zero attached hydrogens (tertiary/aromatic N) is 1. The summed E-state index contributed by atoms with van der Waals surface area (Å²) in [5.74, 6) is -0.933. The molecule has 0 saturated carbocycles. The highest BCUT2D eigenvalue weighted by molar-refractivity contribution is 7.87. The summed E-state index contributed by atoms with van der Waals surface area (Å²) >= 11 is 12.1. The van der Waals surface area contributed by atoms with E-state index >= 15 is 0 Å². The number of halogens is 2. The number of hydrogen-bond acceptors (Lipinski definition) is 7. The number of carbonyl (C=O) groups excluding carboxylic acids is 2. The molecule has 0 heterocycles. The van der Waals surface area contributed by atoms with Crippen LogP contribution in [-0.2, 0) is 14.9 Å². The van der Waals surface area contributed by atoms with Gasteiger partial charge in [-0.25, -0.2) is 5.43 Å². The van der Waals surface area contributed by atoms with Crippen molar-refractivity contribution in [2.45, 2.75) is 11.8 Å². The number of amides is 2. The standard InChI is InChI=1S/C23H19Cl2N3O6S/c1-14(29)27-18-7-9-19(10-8-18)35(31,32)34-22-20(25)11-15(12-21(22)33-2)13-26-28-23(30)16-3-5-17(24)6-4-16/h3-13H,1-2H3,(H,27,29)(H,28,30)/b26-13-. The Balaban J connectivity index is 1.76. The van der Waals surface area contributed by atoms with E-state index in [2.05, 4.69) is 15.8 Å². The number of methoxy groups -OCH3 is 1. The number of nitrogens with one attached hydrogen (secondary N) is 2. The summed E-state index contributed by atoms with van der Waals surface area (Å²) in [6.07, 6.45) is 1.31. The maximum Gasteiger partial charge on any atom is 0.339 e. The first-order valence-corrected chi connectivity index (χ1v) is 12.0. The third-order valence-electron chi connectivity index (χ3n) is 4.39. The molecule has 0 bridgehead atoms. The molecule has 0 aromatic heterocycles. The normalized spacial score (nSPS) is 11.2. The van der Waals surface area contributed by atoms with Crippen molar-refractivity contribution in [3.05, 3.63) is 81.8 Å². The van der Waals surface area contributed by atoms with Gasteiger partial charge in [0.25, 0.3) is 5.91 Å². The average molecular weight is 536 g/mol. The topological polar surface area (TPSA) is 123 Å². The largest absolute Gasteiger partial charge is 0.493 e. The predicted molar refractivity (Wildman–Crippen MR) is 133 cm³/mol. The first-order valence-electron chi connectivity index (χ1n) is 9.87. The van der Waals surface area contributed by atoms with E-state index in [9.17, 15) is 18.0 Å². The van der Waals surface area contributed by atoms with E-state index in [1.165, 1.54) is 56.6 Å². The summed E-state index contributed by atoms with van der Waals surface area (Å²) in [5.41, 5.74) is 3.57. The second kappa shape index (κ2) is 11.2. The Morgan fingerprint density at radius 3 is 2.26 bits per heavy atom. The van der Waals surface area contributed by atoms with Crippen LogP contribution in [0.4, 0.5) is 5.69 Å². The maximum atomic E-state index is 12.7. The molecule has 0 spiro atoms. The van der Waals surface area contributed by atoms with Crippen LogP contribution in [0.2, 0.25) is 10.0 Å². The molecular weight excluding hydrogens is 517 g/mol. The van der Waals surface area contributed by atoms with E-state index in [1.54, 1.807) is 24.3 Å². The molecule has 182 valence electrons. The number of hydrogen-bond donors (Lipinski definition) is 2. The molecule has 3 rings (SSSR count). The minimum Gasteiger partial charge on any atom is -0.493 e. The van der Waals surface area contributed by atoms with Gasteiger partial charge in [-0.1, -0.05) is 23.2 Å². The molecule has 12 heteroatoms. The summed E-state index contributed by atoms with van der Waals surface area (Å²) < 4.78 is 35.9. The highest BCUT2D eigenvalue weighted by Gasteiger charge is 2.22. The number of anilines is 1. The lowest BCUT2D eigenvalue weighted by molar-refractivity contribution is -0.114.